The SMILES string of the molecule is Cc1ccc(C(=O)Nc2ccc(NC(=O)c3ccccc3)nc2)c(C)n1. The van der Waals surface area contributed by atoms with Gasteiger partial charge in [-0.1, -0.05) is 18.2 Å². The van der Waals surface area contributed by atoms with E-state index in [0.717, 1.165) is 5.69 Å². The van der Waals surface area contributed by atoms with Crippen LogP contribution in [0.4, 0.5) is 11.5 Å². The molecule has 3 rings (SSSR count). The van der Waals surface area contributed by atoms with Gasteiger partial charge in [-0.2, -0.15) is 0 Å². The molecule has 2 N–H and O–H groups in total. The summed E-state index contributed by atoms with van der Waals surface area (Å²) < 4.78 is 0. The van der Waals surface area contributed by atoms with E-state index in [1.165, 1.54) is 6.20 Å². The van der Waals surface area contributed by atoms with E-state index >= 15 is 0 Å². The highest BCUT2D eigenvalue weighted by molar-refractivity contribution is 6.05. The predicted octanol–water partition coefficient (Wildman–Crippen LogP) is 3.60. The Hall–Kier alpha value is -3.54. The van der Waals surface area contributed by atoms with Crippen molar-refractivity contribution in [3.8, 4) is 0 Å². The number of hydrogen-bond donors (Lipinski definition) is 2. The molecular weight excluding hydrogens is 328 g/mol. The van der Waals surface area contributed by atoms with Crippen LogP contribution in [0.25, 0.3) is 0 Å². The standard InChI is InChI=1S/C20H18N4O2/c1-13-8-10-17(14(2)22-13)20(26)23-16-9-11-18(21-12-16)24-19(25)15-6-4-3-5-7-15/h3-12H,1-2H3,(H,23,26)(H,21,24,25). The topological polar surface area (TPSA) is 84.0 Å². The average Bonchev–Trinajstić information content (AvgIpc) is 2.64. The lowest BCUT2D eigenvalue weighted by atomic mass is 10.1. The van der Waals surface area contributed by atoms with E-state index in [-0.39, 0.29) is 11.8 Å². The fourth-order valence-corrected chi connectivity index (χ4v) is 2.44. The molecule has 0 radical (unpaired) electrons. The first-order valence-electron chi connectivity index (χ1n) is 8.11. The lowest BCUT2D eigenvalue weighted by Crippen LogP contribution is -2.15. The number of aryl methyl sites for hydroxylation is 2. The van der Waals surface area contributed by atoms with Gasteiger partial charge < -0.3 is 10.6 Å². The summed E-state index contributed by atoms with van der Waals surface area (Å²) in [6.07, 6.45) is 1.50. The van der Waals surface area contributed by atoms with Gasteiger partial charge in [0.2, 0.25) is 0 Å². The minimum Gasteiger partial charge on any atom is -0.321 e. The van der Waals surface area contributed by atoms with Crippen molar-refractivity contribution in [1.29, 1.82) is 0 Å². The van der Waals surface area contributed by atoms with Crippen LogP contribution in [-0.2, 0) is 0 Å². The van der Waals surface area contributed by atoms with Gasteiger partial charge in [0.1, 0.15) is 5.82 Å². The van der Waals surface area contributed by atoms with Crippen molar-refractivity contribution in [2.24, 2.45) is 0 Å². The molecule has 6 nitrogen and oxygen atoms in total. The lowest BCUT2D eigenvalue weighted by Gasteiger charge is -2.09. The fourth-order valence-electron chi connectivity index (χ4n) is 2.44. The first kappa shape index (κ1) is 17.3. The van der Waals surface area contributed by atoms with E-state index in [9.17, 15) is 9.59 Å². The van der Waals surface area contributed by atoms with Crippen molar-refractivity contribution in [2.75, 3.05) is 10.6 Å². The zero-order valence-electron chi connectivity index (χ0n) is 14.5. The molecule has 0 saturated heterocycles. The number of nitrogens with one attached hydrogen (secondary N) is 2. The highest BCUT2D eigenvalue weighted by Gasteiger charge is 2.11. The normalized spacial score (nSPS) is 10.2. The van der Waals surface area contributed by atoms with Gasteiger partial charge in [0, 0.05) is 11.3 Å². The summed E-state index contributed by atoms with van der Waals surface area (Å²) >= 11 is 0. The Balaban J connectivity index is 1.66. The molecule has 0 aliphatic carbocycles. The molecule has 0 saturated carbocycles. The summed E-state index contributed by atoms with van der Waals surface area (Å²) in [5.74, 6) is -0.0841. The quantitative estimate of drug-likeness (QED) is 0.756. The molecule has 0 aliphatic heterocycles. The number of anilines is 2. The maximum Gasteiger partial charge on any atom is 0.257 e. The molecule has 0 spiro atoms. The lowest BCUT2D eigenvalue weighted by molar-refractivity contribution is 0.101. The largest absolute Gasteiger partial charge is 0.321 e. The third-order valence-electron chi connectivity index (χ3n) is 3.77. The molecule has 0 fully saturated rings. The summed E-state index contributed by atoms with van der Waals surface area (Å²) in [6, 6.07) is 15.7. The van der Waals surface area contributed by atoms with Gasteiger partial charge in [-0.05, 0) is 50.2 Å². The van der Waals surface area contributed by atoms with Gasteiger partial charge in [0.15, 0.2) is 0 Å². The third-order valence-corrected chi connectivity index (χ3v) is 3.77. The molecule has 0 atom stereocenters. The Bertz CT molecular complexity index is 938. The highest BCUT2D eigenvalue weighted by Crippen LogP contribution is 2.14. The van der Waals surface area contributed by atoms with E-state index in [0.29, 0.717) is 28.3 Å². The Labute approximate surface area is 151 Å². The van der Waals surface area contributed by atoms with E-state index in [1.54, 1.807) is 55.5 Å². The van der Waals surface area contributed by atoms with E-state index in [1.807, 2.05) is 13.0 Å². The Morgan fingerprint density at radius 2 is 1.62 bits per heavy atom. The molecule has 26 heavy (non-hydrogen) atoms. The summed E-state index contributed by atoms with van der Waals surface area (Å²) in [5, 5.41) is 5.49. The molecule has 3 aromatic rings. The third kappa shape index (κ3) is 4.10. The molecule has 2 heterocycles. The van der Waals surface area contributed by atoms with Gasteiger partial charge in [-0.15, -0.1) is 0 Å². The zero-order chi connectivity index (χ0) is 18.5. The van der Waals surface area contributed by atoms with Crippen LogP contribution in [0.3, 0.4) is 0 Å². The number of rotatable bonds is 4. The van der Waals surface area contributed by atoms with Gasteiger partial charge >= 0.3 is 0 Å². The number of hydrogen-bond acceptors (Lipinski definition) is 4. The molecule has 2 amide bonds. The van der Waals surface area contributed by atoms with Crippen LogP contribution < -0.4 is 10.6 Å². The molecule has 1 aromatic carbocycles. The van der Waals surface area contributed by atoms with Crippen molar-refractivity contribution in [2.45, 2.75) is 13.8 Å². The summed E-state index contributed by atoms with van der Waals surface area (Å²) in [4.78, 5) is 32.9. The maximum absolute atomic E-state index is 12.3. The first-order valence-corrected chi connectivity index (χ1v) is 8.11. The number of aromatic nitrogens is 2. The second kappa shape index (κ2) is 7.57. The summed E-state index contributed by atoms with van der Waals surface area (Å²) in [7, 11) is 0. The zero-order valence-corrected chi connectivity index (χ0v) is 14.5. The van der Waals surface area contributed by atoms with E-state index in [2.05, 4.69) is 20.6 Å². The van der Waals surface area contributed by atoms with Crippen molar-refractivity contribution >= 4 is 23.3 Å². The number of carbonyl (C=O) groups excluding carboxylic acids is 2. The van der Waals surface area contributed by atoms with Gasteiger partial charge in [-0.3, -0.25) is 14.6 Å². The van der Waals surface area contributed by atoms with Crippen molar-refractivity contribution < 1.29 is 9.59 Å². The highest BCUT2D eigenvalue weighted by atomic mass is 16.2. The molecule has 130 valence electrons. The van der Waals surface area contributed by atoms with Crippen LogP contribution in [0.2, 0.25) is 0 Å². The van der Waals surface area contributed by atoms with Crippen molar-refractivity contribution in [3.05, 3.63) is 83.3 Å². The van der Waals surface area contributed by atoms with Crippen molar-refractivity contribution in [1.82, 2.24) is 9.97 Å². The number of nitrogens with zero attached hydrogens (tertiary/aromatic N) is 2. The molecule has 6 heteroatoms. The minimum absolute atomic E-state index is 0.240. The predicted molar refractivity (Wildman–Crippen MR) is 100 cm³/mol. The molecule has 0 unspecified atom stereocenters. The molecule has 0 aliphatic rings. The van der Waals surface area contributed by atoms with Crippen LogP contribution in [-0.4, -0.2) is 21.8 Å². The Morgan fingerprint density at radius 3 is 2.27 bits per heavy atom. The Morgan fingerprint density at radius 1 is 0.846 bits per heavy atom. The molecule has 0 bridgehead atoms. The second-order valence-corrected chi connectivity index (χ2v) is 5.79. The van der Waals surface area contributed by atoms with E-state index < -0.39 is 0 Å². The summed E-state index contributed by atoms with van der Waals surface area (Å²) in [6.45, 7) is 3.67. The summed E-state index contributed by atoms with van der Waals surface area (Å²) in [5.41, 5.74) is 3.13. The van der Waals surface area contributed by atoms with Crippen LogP contribution in [0.1, 0.15) is 32.1 Å². The Kier molecular flexibility index (Phi) is 5.03. The van der Waals surface area contributed by atoms with Crippen LogP contribution in [0.5, 0.6) is 0 Å². The smallest absolute Gasteiger partial charge is 0.257 e. The molecule has 2 aromatic heterocycles. The average molecular weight is 346 g/mol. The first-order chi connectivity index (χ1) is 12.5. The number of carbonyl (C=O) groups is 2. The van der Waals surface area contributed by atoms with Crippen LogP contribution >= 0.6 is 0 Å². The molecular formula is C20H18N4O2. The number of amides is 2. The van der Waals surface area contributed by atoms with Crippen LogP contribution in [0, 0.1) is 13.8 Å². The second-order valence-electron chi connectivity index (χ2n) is 5.79. The number of pyridine rings is 2. The number of benzene rings is 1. The van der Waals surface area contributed by atoms with Crippen molar-refractivity contribution in [3.63, 3.8) is 0 Å². The van der Waals surface area contributed by atoms with Gasteiger partial charge in [0.05, 0.1) is 23.1 Å². The monoisotopic (exact) mass is 346 g/mol. The van der Waals surface area contributed by atoms with Crippen LogP contribution in [0.15, 0.2) is 60.8 Å². The minimum atomic E-state index is -0.252. The van der Waals surface area contributed by atoms with Gasteiger partial charge in [-0.25, -0.2) is 4.98 Å². The maximum atomic E-state index is 12.3. The van der Waals surface area contributed by atoms with Gasteiger partial charge in [0.25, 0.3) is 11.8 Å². The fraction of sp³-hybridized carbons (Fsp3) is 0.100. The van der Waals surface area contributed by atoms with E-state index in [4.69, 9.17) is 0 Å².